The highest BCUT2D eigenvalue weighted by Gasteiger charge is 2.09. The lowest BCUT2D eigenvalue weighted by Crippen LogP contribution is -1.96. The summed E-state index contributed by atoms with van der Waals surface area (Å²) in [5.74, 6) is -0.210. The summed E-state index contributed by atoms with van der Waals surface area (Å²) in [6.07, 6.45) is 1.27. The maximum absolute atomic E-state index is 12.8. The molecule has 70 valence electrons. The Labute approximate surface area is 85.1 Å². The lowest BCUT2D eigenvalue weighted by Gasteiger charge is -2.10. The first-order valence-corrected chi connectivity index (χ1v) is 4.83. The molecule has 0 spiro atoms. The minimum Gasteiger partial charge on any atom is -0.303 e. The minimum absolute atomic E-state index is 0.0579. The number of halogens is 2. The second kappa shape index (κ2) is 4.51. The maximum Gasteiger partial charge on any atom is 0.123 e. The molecule has 0 saturated carbocycles. The summed E-state index contributed by atoms with van der Waals surface area (Å²) in [6, 6.07) is 4.51. The van der Waals surface area contributed by atoms with E-state index >= 15 is 0 Å². The van der Waals surface area contributed by atoms with Gasteiger partial charge in [0.25, 0.3) is 0 Å². The van der Waals surface area contributed by atoms with Crippen molar-refractivity contribution in [1.82, 2.24) is 0 Å². The fourth-order valence-corrected chi connectivity index (χ4v) is 1.80. The van der Waals surface area contributed by atoms with Crippen LogP contribution < -0.4 is 0 Å². The summed E-state index contributed by atoms with van der Waals surface area (Å²) in [4.78, 5) is 10.3. The average molecular weight is 245 g/mol. The van der Waals surface area contributed by atoms with Gasteiger partial charge in [-0.05, 0) is 29.7 Å². The van der Waals surface area contributed by atoms with E-state index in [9.17, 15) is 9.18 Å². The van der Waals surface area contributed by atoms with Gasteiger partial charge in [-0.15, -0.1) is 0 Å². The number of carbonyl (C=O) groups excluding carboxylic acids is 1. The van der Waals surface area contributed by atoms with Gasteiger partial charge in [-0.1, -0.05) is 22.9 Å². The van der Waals surface area contributed by atoms with E-state index in [1.807, 2.05) is 6.92 Å². The number of aldehydes is 1. The maximum atomic E-state index is 12.8. The molecule has 0 bridgehead atoms. The predicted octanol–water partition coefficient (Wildman–Crippen LogP) is 3.28. The smallest absolute Gasteiger partial charge is 0.123 e. The van der Waals surface area contributed by atoms with Crippen LogP contribution in [0.4, 0.5) is 4.39 Å². The third-order valence-corrected chi connectivity index (χ3v) is 2.66. The topological polar surface area (TPSA) is 17.1 Å². The average Bonchev–Trinajstić information content (AvgIpc) is 2.09. The lowest BCUT2D eigenvalue weighted by atomic mass is 9.98. The van der Waals surface area contributed by atoms with Crippen LogP contribution in [0, 0.1) is 5.82 Å². The third-order valence-electron chi connectivity index (χ3n) is 1.94. The van der Waals surface area contributed by atoms with Crippen LogP contribution >= 0.6 is 15.9 Å². The summed E-state index contributed by atoms with van der Waals surface area (Å²) >= 11 is 3.32. The number of rotatable bonds is 3. The molecule has 1 aromatic carbocycles. The molecular weight excluding hydrogens is 235 g/mol. The Balaban J connectivity index is 2.97. The standard InChI is InChI=1S/C10H10BrFO/c1-7(4-5-13)9-6-8(12)2-3-10(9)11/h2-3,5-7H,4H2,1H3. The molecule has 1 nitrogen and oxygen atoms in total. The Morgan fingerprint density at radius 2 is 2.31 bits per heavy atom. The summed E-state index contributed by atoms with van der Waals surface area (Å²) in [7, 11) is 0. The summed E-state index contributed by atoms with van der Waals surface area (Å²) in [5.41, 5.74) is 0.840. The van der Waals surface area contributed by atoms with Crippen LogP contribution in [-0.4, -0.2) is 6.29 Å². The normalized spacial score (nSPS) is 12.5. The van der Waals surface area contributed by atoms with Crippen molar-refractivity contribution in [2.45, 2.75) is 19.3 Å². The first kappa shape index (κ1) is 10.4. The van der Waals surface area contributed by atoms with Gasteiger partial charge in [0.1, 0.15) is 12.1 Å². The number of benzene rings is 1. The Kier molecular flexibility index (Phi) is 3.60. The lowest BCUT2D eigenvalue weighted by molar-refractivity contribution is -0.108. The molecule has 0 saturated heterocycles. The molecule has 1 unspecified atom stereocenters. The van der Waals surface area contributed by atoms with Crippen LogP contribution in [0.5, 0.6) is 0 Å². The first-order chi connectivity index (χ1) is 6.15. The van der Waals surface area contributed by atoms with E-state index in [1.54, 1.807) is 6.07 Å². The van der Waals surface area contributed by atoms with Crippen molar-refractivity contribution >= 4 is 22.2 Å². The molecule has 0 aliphatic rings. The van der Waals surface area contributed by atoms with Crippen molar-refractivity contribution in [2.75, 3.05) is 0 Å². The number of hydrogen-bond acceptors (Lipinski definition) is 1. The van der Waals surface area contributed by atoms with Crippen molar-refractivity contribution in [3.05, 3.63) is 34.1 Å². The molecule has 0 aliphatic heterocycles. The summed E-state index contributed by atoms with van der Waals surface area (Å²) < 4.78 is 13.7. The molecule has 1 aromatic rings. The van der Waals surface area contributed by atoms with E-state index in [0.717, 1.165) is 16.3 Å². The van der Waals surface area contributed by atoms with Gasteiger partial charge in [0.2, 0.25) is 0 Å². The molecule has 13 heavy (non-hydrogen) atoms. The molecule has 0 N–H and O–H groups in total. The minimum atomic E-state index is -0.268. The van der Waals surface area contributed by atoms with E-state index in [4.69, 9.17) is 0 Å². The highest BCUT2D eigenvalue weighted by Crippen LogP contribution is 2.27. The molecule has 1 atom stereocenters. The molecule has 0 aromatic heterocycles. The van der Waals surface area contributed by atoms with Gasteiger partial charge < -0.3 is 4.79 Å². The molecule has 3 heteroatoms. The molecule has 1 rings (SSSR count). The van der Waals surface area contributed by atoms with Crippen molar-refractivity contribution < 1.29 is 9.18 Å². The van der Waals surface area contributed by atoms with E-state index in [2.05, 4.69) is 15.9 Å². The van der Waals surface area contributed by atoms with Crippen LogP contribution in [0.25, 0.3) is 0 Å². The van der Waals surface area contributed by atoms with Crippen LogP contribution in [0.1, 0.15) is 24.8 Å². The summed E-state index contributed by atoms with van der Waals surface area (Å²) in [6.45, 7) is 1.90. The summed E-state index contributed by atoms with van der Waals surface area (Å²) in [5, 5.41) is 0. The van der Waals surface area contributed by atoms with Crippen LogP contribution in [0.15, 0.2) is 22.7 Å². The fourth-order valence-electron chi connectivity index (χ4n) is 1.16. The zero-order valence-corrected chi connectivity index (χ0v) is 8.84. The largest absolute Gasteiger partial charge is 0.303 e. The monoisotopic (exact) mass is 244 g/mol. The van der Waals surface area contributed by atoms with Crippen molar-refractivity contribution in [1.29, 1.82) is 0 Å². The highest BCUT2D eigenvalue weighted by atomic mass is 79.9. The highest BCUT2D eigenvalue weighted by molar-refractivity contribution is 9.10. The Morgan fingerprint density at radius 3 is 2.92 bits per heavy atom. The third kappa shape index (κ3) is 2.62. The molecule has 0 aliphatic carbocycles. The van der Waals surface area contributed by atoms with Crippen molar-refractivity contribution in [3.63, 3.8) is 0 Å². The second-order valence-corrected chi connectivity index (χ2v) is 3.82. The number of hydrogen-bond donors (Lipinski definition) is 0. The van der Waals surface area contributed by atoms with Gasteiger partial charge >= 0.3 is 0 Å². The van der Waals surface area contributed by atoms with Gasteiger partial charge in [-0.3, -0.25) is 0 Å². The van der Waals surface area contributed by atoms with Crippen LogP contribution in [0.2, 0.25) is 0 Å². The van der Waals surface area contributed by atoms with Gasteiger partial charge in [-0.2, -0.15) is 0 Å². The molecular formula is C10H10BrFO. The zero-order chi connectivity index (χ0) is 9.84. The van der Waals surface area contributed by atoms with Gasteiger partial charge in [0.05, 0.1) is 0 Å². The molecule has 0 radical (unpaired) electrons. The molecule has 0 fully saturated rings. The van der Waals surface area contributed by atoms with Gasteiger partial charge in [-0.25, -0.2) is 4.39 Å². The van der Waals surface area contributed by atoms with Gasteiger partial charge in [0, 0.05) is 10.9 Å². The Morgan fingerprint density at radius 1 is 1.62 bits per heavy atom. The quantitative estimate of drug-likeness (QED) is 0.747. The second-order valence-electron chi connectivity index (χ2n) is 2.97. The van der Waals surface area contributed by atoms with Crippen LogP contribution in [-0.2, 0) is 4.79 Å². The first-order valence-electron chi connectivity index (χ1n) is 4.03. The van der Waals surface area contributed by atoms with E-state index < -0.39 is 0 Å². The SMILES string of the molecule is CC(CC=O)c1cc(F)ccc1Br. The van der Waals surface area contributed by atoms with Crippen molar-refractivity contribution in [3.8, 4) is 0 Å². The molecule has 0 amide bonds. The van der Waals surface area contributed by atoms with Crippen molar-refractivity contribution in [2.24, 2.45) is 0 Å². The Hall–Kier alpha value is -0.700. The fraction of sp³-hybridized carbons (Fsp3) is 0.300. The zero-order valence-electron chi connectivity index (χ0n) is 7.26. The predicted molar refractivity (Wildman–Crippen MR) is 53.2 cm³/mol. The number of carbonyl (C=O) groups is 1. The van der Waals surface area contributed by atoms with E-state index in [0.29, 0.717) is 6.42 Å². The molecule has 0 heterocycles. The Bertz CT molecular complexity index is 312. The van der Waals surface area contributed by atoms with E-state index in [-0.39, 0.29) is 11.7 Å². The van der Waals surface area contributed by atoms with Crippen LogP contribution in [0.3, 0.4) is 0 Å². The van der Waals surface area contributed by atoms with Gasteiger partial charge in [0.15, 0.2) is 0 Å². The van der Waals surface area contributed by atoms with E-state index in [1.165, 1.54) is 12.1 Å².